The van der Waals surface area contributed by atoms with E-state index in [9.17, 15) is 0 Å². The maximum Gasteiger partial charge on any atom is 0.156 e. The maximum absolute atomic E-state index is 5.32. The highest BCUT2D eigenvalue weighted by atomic mass is 32.2. The Labute approximate surface area is 102 Å². The monoisotopic (exact) mass is 243 g/mol. The van der Waals surface area contributed by atoms with E-state index in [1.807, 2.05) is 11.8 Å². The Morgan fingerprint density at radius 2 is 2.31 bits per heavy atom. The number of nitrogens with one attached hydrogen (secondary N) is 1. The molecule has 2 saturated heterocycles. The van der Waals surface area contributed by atoms with Gasteiger partial charge in [0.05, 0.1) is 13.2 Å². The lowest BCUT2D eigenvalue weighted by Crippen LogP contribution is -2.37. The zero-order chi connectivity index (χ0) is 11.2. The minimum Gasteiger partial charge on any atom is -0.379 e. The summed E-state index contributed by atoms with van der Waals surface area (Å²) in [4.78, 5) is 7.03. The Kier molecular flexibility index (Phi) is 4.93. The first-order valence-electron chi connectivity index (χ1n) is 6.08. The highest BCUT2D eigenvalue weighted by molar-refractivity contribution is 8.14. The van der Waals surface area contributed by atoms with Crippen LogP contribution in [0.2, 0.25) is 0 Å². The summed E-state index contributed by atoms with van der Waals surface area (Å²) in [6, 6.07) is 0.586. The van der Waals surface area contributed by atoms with Crippen LogP contribution in [0.4, 0.5) is 0 Å². The van der Waals surface area contributed by atoms with Gasteiger partial charge in [0, 0.05) is 38.0 Å². The fourth-order valence-corrected chi connectivity index (χ4v) is 2.85. The third-order valence-corrected chi connectivity index (χ3v) is 4.02. The second kappa shape index (κ2) is 6.47. The molecule has 4 nitrogen and oxygen atoms in total. The minimum atomic E-state index is 0.586. The molecule has 0 aliphatic carbocycles. The molecule has 1 unspecified atom stereocenters. The summed E-state index contributed by atoms with van der Waals surface area (Å²) in [5.74, 6) is 1.16. The summed E-state index contributed by atoms with van der Waals surface area (Å²) < 4.78 is 5.32. The van der Waals surface area contributed by atoms with Crippen molar-refractivity contribution >= 4 is 16.9 Å². The number of aliphatic imine (C=N–C) groups is 1. The average molecular weight is 243 g/mol. The Hall–Kier alpha value is -0.260. The summed E-state index contributed by atoms with van der Waals surface area (Å²) in [5, 5.41) is 4.51. The van der Waals surface area contributed by atoms with Crippen LogP contribution in [0.15, 0.2) is 4.99 Å². The molecule has 1 N–H and O–H groups in total. The summed E-state index contributed by atoms with van der Waals surface area (Å²) in [6.45, 7) is 8.25. The molecule has 5 heteroatoms. The molecule has 2 aliphatic rings. The van der Waals surface area contributed by atoms with E-state index in [1.165, 1.54) is 0 Å². The molecule has 0 bridgehead atoms. The number of ether oxygens (including phenoxy) is 1. The number of nitrogens with zero attached hydrogens (tertiary/aromatic N) is 2. The lowest BCUT2D eigenvalue weighted by Gasteiger charge is -2.26. The molecule has 0 aromatic rings. The van der Waals surface area contributed by atoms with Crippen LogP contribution in [0.5, 0.6) is 0 Å². The number of rotatable bonds is 4. The van der Waals surface area contributed by atoms with Crippen molar-refractivity contribution in [2.45, 2.75) is 19.4 Å². The first-order valence-corrected chi connectivity index (χ1v) is 7.07. The standard InChI is InChI=1S/C11H21N3OS/c1-10-9-16-11(13-10)12-3-2-4-14-5-7-15-8-6-14/h10H,2-9H2,1H3,(H,12,13). The van der Waals surface area contributed by atoms with E-state index in [1.54, 1.807) is 0 Å². The van der Waals surface area contributed by atoms with Crippen molar-refractivity contribution in [1.82, 2.24) is 10.2 Å². The van der Waals surface area contributed by atoms with Crippen molar-refractivity contribution in [3.63, 3.8) is 0 Å². The molecule has 2 fully saturated rings. The number of hydrogen-bond donors (Lipinski definition) is 1. The summed E-state index contributed by atoms with van der Waals surface area (Å²) in [6.07, 6.45) is 1.15. The van der Waals surface area contributed by atoms with Crippen molar-refractivity contribution in [2.75, 3.05) is 45.1 Å². The van der Waals surface area contributed by atoms with Gasteiger partial charge in [-0.05, 0) is 13.3 Å². The van der Waals surface area contributed by atoms with Gasteiger partial charge in [-0.25, -0.2) is 0 Å². The second-order valence-electron chi connectivity index (χ2n) is 4.35. The Morgan fingerprint density at radius 1 is 1.50 bits per heavy atom. The fourth-order valence-electron chi connectivity index (χ4n) is 1.89. The predicted molar refractivity (Wildman–Crippen MR) is 69.2 cm³/mol. The van der Waals surface area contributed by atoms with Gasteiger partial charge in [0.2, 0.25) is 0 Å². The highest BCUT2D eigenvalue weighted by Crippen LogP contribution is 2.12. The van der Waals surface area contributed by atoms with Gasteiger partial charge in [-0.2, -0.15) is 0 Å². The van der Waals surface area contributed by atoms with Gasteiger partial charge < -0.3 is 10.1 Å². The topological polar surface area (TPSA) is 36.9 Å². The molecule has 2 aliphatic heterocycles. The van der Waals surface area contributed by atoms with E-state index in [0.717, 1.165) is 56.7 Å². The van der Waals surface area contributed by atoms with E-state index in [0.29, 0.717) is 6.04 Å². The van der Waals surface area contributed by atoms with E-state index in [2.05, 4.69) is 22.1 Å². The minimum absolute atomic E-state index is 0.586. The van der Waals surface area contributed by atoms with Gasteiger partial charge in [0.25, 0.3) is 0 Å². The normalized spacial score (nSPS) is 29.6. The smallest absolute Gasteiger partial charge is 0.156 e. The van der Waals surface area contributed by atoms with Crippen LogP contribution in [0.25, 0.3) is 0 Å². The van der Waals surface area contributed by atoms with E-state index < -0.39 is 0 Å². The first kappa shape index (κ1) is 12.2. The number of amidine groups is 1. The molecule has 16 heavy (non-hydrogen) atoms. The van der Waals surface area contributed by atoms with E-state index >= 15 is 0 Å². The summed E-state index contributed by atoms with van der Waals surface area (Å²) >= 11 is 1.84. The van der Waals surface area contributed by atoms with Crippen LogP contribution >= 0.6 is 11.8 Å². The van der Waals surface area contributed by atoms with Gasteiger partial charge in [-0.1, -0.05) is 11.8 Å². The van der Waals surface area contributed by atoms with Gasteiger partial charge in [0.15, 0.2) is 5.17 Å². The second-order valence-corrected chi connectivity index (χ2v) is 5.36. The molecular formula is C11H21N3OS. The molecule has 0 saturated carbocycles. The Morgan fingerprint density at radius 3 is 3.00 bits per heavy atom. The summed E-state index contributed by atoms with van der Waals surface area (Å²) in [7, 11) is 0. The number of thioether (sulfide) groups is 1. The average Bonchev–Trinajstić information content (AvgIpc) is 2.72. The SMILES string of the molecule is CC1CSC(=NCCCN2CCOCC2)N1. The van der Waals surface area contributed by atoms with Gasteiger partial charge in [0.1, 0.15) is 0 Å². The summed E-state index contributed by atoms with van der Waals surface area (Å²) in [5.41, 5.74) is 0. The van der Waals surface area contributed by atoms with Crippen LogP contribution in [-0.4, -0.2) is 61.3 Å². The van der Waals surface area contributed by atoms with Crippen LogP contribution in [-0.2, 0) is 4.74 Å². The van der Waals surface area contributed by atoms with Crippen LogP contribution in [0, 0.1) is 0 Å². The quantitative estimate of drug-likeness (QED) is 0.741. The molecule has 0 aromatic carbocycles. The number of hydrogen-bond acceptors (Lipinski definition) is 4. The molecule has 1 atom stereocenters. The molecule has 2 rings (SSSR count). The van der Waals surface area contributed by atoms with Crippen LogP contribution in [0.1, 0.15) is 13.3 Å². The molecule has 92 valence electrons. The van der Waals surface area contributed by atoms with Gasteiger partial charge in [-0.15, -0.1) is 0 Å². The van der Waals surface area contributed by atoms with Gasteiger partial charge >= 0.3 is 0 Å². The molecule has 0 amide bonds. The largest absolute Gasteiger partial charge is 0.379 e. The fraction of sp³-hybridized carbons (Fsp3) is 0.909. The molecule has 0 radical (unpaired) electrons. The van der Waals surface area contributed by atoms with Crippen LogP contribution < -0.4 is 5.32 Å². The third kappa shape index (κ3) is 3.96. The molecule has 0 aromatic heterocycles. The maximum atomic E-state index is 5.32. The molecule has 0 spiro atoms. The zero-order valence-corrected chi connectivity index (χ0v) is 10.8. The third-order valence-electron chi connectivity index (χ3n) is 2.83. The lowest BCUT2D eigenvalue weighted by atomic mass is 10.3. The first-order chi connectivity index (χ1) is 7.84. The van der Waals surface area contributed by atoms with Crippen molar-refractivity contribution in [2.24, 2.45) is 4.99 Å². The van der Waals surface area contributed by atoms with Crippen molar-refractivity contribution in [1.29, 1.82) is 0 Å². The number of morpholine rings is 1. The zero-order valence-electron chi connectivity index (χ0n) is 9.95. The van der Waals surface area contributed by atoms with E-state index in [4.69, 9.17) is 4.74 Å². The lowest BCUT2D eigenvalue weighted by molar-refractivity contribution is 0.0377. The van der Waals surface area contributed by atoms with Crippen molar-refractivity contribution in [3.05, 3.63) is 0 Å². The molecular weight excluding hydrogens is 222 g/mol. The Balaban J connectivity index is 1.57. The highest BCUT2D eigenvalue weighted by Gasteiger charge is 2.14. The predicted octanol–water partition coefficient (Wildman–Crippen LogP) is 0.790. The van der Waals surface area contributed by atoms with Gasteiger partial charge in [-0.3, -0.25) is 9.89 Å². The van der Waals surface area contributed by atoms with Crippen LogP contribution in [0.3, 0.4) is 0 Å². The van der Waals surface area contributed by atoms with Crippen molar-refractivity contribution < 1.29 is 4.74 Å². The van der Waals surface area contributed by atoms with Crippen molar-refractivity contribution in [3.8, 4) is 0 Å². The van der Waals surface area contributed by atoms with E-state index in [-0.39, 0.29) is 0 Å². The molecule has 2 heterocycles. The Bertz CT molecular complexity index is 241.